The lowest BCUT2D eigenvalue weighted by Crippen LogP contribution is -2.32. The van der Waals surface area contributed by atoms with Crippen molar-refractivity contribution in [2.24, 2.45) is 0 Å². The molecule has 2 atom stereocenters. The Bertz CT molecular complexity index is 400. The second-order valence-electron chi connectivity index (χ2n) is 5.86. The van der Waals surface area contributed by atoms with Crippen LogP contribution >= 0.6 is 0 Å². The summed E-state index contributed by atoms with van der Waals surface area (Å²) < 4.78 is 0. The van der Waals surface area contributed by atoms with Crippen molar-refractivity contribution in [1.82, 2.24) is 0 Å². The molecule has 0 amide bonds. The Morgan fingerprint density at radius 3 is 1.71 bits per heavy atom. The molecule has 2 rings (SSSR count). The van der Waals surface area contributed by atoms with Crippen molar-refractivity contribution in [3.8, 4) is 0 Å². The molecule has 0 fully saturated rings. The van der Waals surface area contributed by atoms with Gasteiger partial charge in [0.15, 0.2) is 0 Å². The van der Waals surface area contributed by atoms with Gasteiger partial charge in [-0.1, -0.05) is 26.0 Å². The number of fused-ring (bicyclic) bond motifs is 1. The molecule has 2 N–H and O–H groups in total. The Labute approximate surface area is 128 Å². The molecule has 0 aliphatic carbocycles. The molecule has 21 heavy (non-hydrogen) atoms. The molecular weight excluding hydrogens is 264 g/mol. The number of hydrogen-bond acceptors (Lipinski definition) is 4. The number of rotatable bonds is 6. The average molecular weight is 292 g/mol. The fourth-order valence-electron chi connectivity index (χ4n) is 2.84. The van der Waals surface area contributed by atoms with Crippen molar-refractivity contribution in [1.29, 1.82) is 0 Å². The maximum absolute atomic E-state index is 9.98. The minimum Gasteiger partial charge on any atom is -0.391 e. The van der Waals surface area contributed by atoms with Gasteiger partial charge in [0.1, 0.15) is 0 Å². The Morgan fingerprint density at radius 2 is 1.33 bits per heavy atom. The standard InChI is InChI=1S/C17H28N2O2/c1-3-14(20)12-18-10-7-11-19(13-15(21)4-2)17-9-6-5-8-16(17)18/h5-6,8-9,14-15,20-21H,3-4,7,10-13H2,1-2H3/t14-,15-/m1/s1. The van der Waals surface area contributed by atoms with E-state index >= 15 is 0 Å². The van der Waals surface area contributed by atoms with E-state index in [0.29, 0.717) is 13.1 Å². The first-order valence-electron chi connectivity index (χ1n) is 8.10. The fourth-order valence-corrected chi connectivity index (χ4v) is 2.84. The summed E-state index contributed by atoms with van der Waals surface area (Å²) in [5.74, 6) is 0. The second kappa shape index (κ2) is 7.66. The van der Waals surface area contributed by atoms with Gasteiger partial charge in [0, 0.05) is 26.2 Å². The second-order valence-corrected chi connectivity index (χ2v) is 5.86. The molecular formula is C17H28N2O2. The monoisotopic (exact) mass is 292 g/mol. The van der Waals surface area contributed by atoms with E-state index in [1.165, 1.54) is 11.4 Å². The normalized spacial score (nSPS) is 18.1. The van der Waals surface area contributed by atoms with Crippen molar-refractivity contribution in [3.63, 3.8) is 0 Å². The third kappa shape index (κ3) is 4.11. The number of β-amino-alcohol motifs (C(OH)–C–C–N with tert-alkyl or cyclic N) is 2. The van der Waals surface area contributed by atoms with E-state index in [-0.39, 0.29) is 12.2 Å². The van der Waals surface area contributed by atoms with E-state index in [9.17, 15) is 10.2 Å². The van der Waals surface area contributed by atoms with Gasteiger partial charge < -0.3 is 20.0 Å². The lowest BCUT2D eigenvalue weighted by molar-refractivity contribution is 0.175. The summed E-state index contributed by atoms with van der Waals surface area (Å²) in [5, 5.41) is 20.0. The fraction of sp³-hybridized carbons (Fsp3) is 0.647. The molecule has 1 aromatic carbocycles. The van der Waals surface area contributed by atoms with Crippen molar-refractivity contribution in [2.75, 3.05) is 36.0 Å². The summed E-state index contributed by atoms with van der Waals surface area (Å²) in [7, 11) is 0. The van der Waals surface area contributed by atoms with Crippen molar-refractivity contribution >= 4 is 11.4 Å². The van der Waals surface area contributed by atoms with Crippen LogP contribution in [-0.2, 0) is 0 Å². The van der Waals surface area contributed by atoms with Crippen LogP contribution in [0.3, 0.4) is 0 Å². The third-order valence-corrected chi connectivity index (χ3v) is 4.22. The minimum atomic E-state index is -0.286. The van der Waals surface area contributed by atoms with E-state index in [4.69, 9.17) is 0 Å². The summed E-state index contributed by atoms with van der Waals surface area (Å²) >= 11 is 0. The van der Waals surface area contributed by atoms with Gasteiger partial charge in [-0.25, -0.2) is 0 Å². The number of para-hydroxylation sites is 2. The van der Waals surface area contributed by atoms with E-state index in [1.807, 2.05) is 26.0 Å². The van der Waals surface area contributed by atoms with E-state index < -0.39 is 0 Å². The predicted octanol–water partition coefficient (Wildman–Crippen LogP) is 2.24. The van der Waals surface area contributed by atoms with Crippen LogP contribution in [0, 0.1) is 0 Å². The van der Waals surface area contributed by atoms with E-state index in [1.54, 1.807) is 0 Å². The molecule has 0 spiro atoms. The quantitative estimate of drug-likeness (QED) is 0.844. The van der Waals surface area contributed by atoms with Gasteiger partial charge in [0.05, 0.1) is 23.6 Å². The first-order valence-corrected chi connectivity index (χ1v) is 8.10. The predicted molar refractivity (Wildman–Crippen MR) is 88.1 cm³/mol. The maximum Gasteiger partial charge on any atom is 0.0712 e. The van der Waals surface area contributed by atoms with Crippen LogP contribution in [-0.4, -0.2) is 48.6 Å². The molecule has 0 unspecified atom stereocenters. The molecule has 0 saturated heterocycles. The highest BCUT2D eigenvalue weighted by molar-refractivity contribution is 5.72. The Hall–Kier alpha value is -1.26. The summed E-state index contributed by atoms with van der Waals surface area (Å²) in [6, 6.07) is 8.33. The zero-order valence-corrected chi connectivity index (χ0v) is 13.2. The van der Waals surface area contributed by atoms with Crippen LogP contribution < -0.4 is 9.80 Å². The number of benzene rings is 1. The van der Waals surface area contributed by atoms with Crippen LogP contribution in [0.5, 0.6) is 0 Å². The Balaban J connectivity index is 2.22. The van der Waals surface area contributed by atoms with E-state index in [2.05, 4.69) is 21.9 Å². The molecule has 0 aromatic heterocycles. The Kier molecular flexibility index (Phi) is 5.88. The molecule has 4 nitrogen and oxygen atoms in total. The number of aliphatic hydroxyl groups is 2. The largest absolute Gasteiger partial charge is 0.391 e. The number of aliphatic hydroxyl groups excluding tert-OH is 2. The van der Waals surface area contributed by atoms with Gasteiger partial charge in [-0.2, -0.15) is 0 Å². The van der Waals surface area contributed by atoms with E-state index in [0.717, 1.165) is 32.4 Å². The lowest BCUT2D eigenvalue weighted by Gasteiger charge is -2.29. The van der Waals surface area contributed by atoms with Crippen molar-refractivity contribution in [3.05, 3.63) is 24.3 Å². The summed E-state index contributed by atoms with van der Waals surface area (Å²) in [5.41, 5.74) is 2.34. The molecule has 1 aliphatic heterocycles. The minimum absolute atomic E-state index is 0.286. The van der Waals surface area contributed by atoms with Gasteiger partial charge in [-0.3, -0.25) is 0 Å². The van der Waals surface area contributed by atoms with Crippen LogP contribution in [0.15, 0.2) is 24.3 Å². The maximum atomic E-state index is 9.98. The molecule has 0 bridgehead atoms. The molecule has 118 valence electrons. The zero-order chi connectivity index (χ0) is 15.2. The highest BCUT2D eigenvalue weighted by Gasteiger charge is 2.22. The molecule has 1 aromatic rings. The first-order chi connectivity index (χ1) is 10.2. The highest BCUT2D eigenvalue weighted by Crippen LogP contribution is 2.32. The smallest absolute Gasteiger partial charge is 0.0712 e. The number of anilines is 2. The summed E-state index contributed by atoms with van der Waals surface area (Å²) in [6.07, 6.45) is 2.02. The highest BCUT2D eigenvalue weighted by atomic mass is 16.3. The van der Waals surface area contributed by atoms with Crippen molar-refractivity contribution in [2.45, 2.75) is 45.3 Å². The van der Waals surface area contributed by atoms with Crippen LogP contribution in [0.4, 0.5) is 11.4 Å². The number of hydrogen-bond donors (Lipinski definition) is 2. The molecule has 0 saturated carbocycles. The van der Waals surface area contributed by atoms with Gasteiger partial charge >= 0.3 is 0 Å². The first kappa shape index (κ1) is 16.1. The summed E-state index contributed by atoms with van der Waals surface area (Å²) in [4.78, 5) is 4.56. The van der Waals surface area contributed by atoms with Crippen molar-refractivity contribution < 1.29 is 10.2 Å². The molecule has 1 heterocycles. The van der Waals surface area contributed by atoms with Crippen LogP contribution in [0.25, 0.3) is 0 Å². The molecule has 4 heteroatoms. The third-order valence-electron chi connectivity index (χ3n) is 4.22. The van der Waals surface area contributed by atoms with Crippen LogP contribution in [0.2, 0.25) is 0 Å². The molecule has 0 radical (unpaired) electrons. The zero-order valence-electron chi connectivity index (χ0n) is 13.2. The lowest BCUT2D eigenvalue weighted by atomic mass is 10.2. The summed E-state index contributed by atoms with van der Waals surface area (Å²) in [6.45, 7) is 7.28. The Morgan fingerprint density at radius 1 is 0.905 bits per heavy atom. The SMILES string of the molecule is CC[C@@H](O)CN1CCCN(C[C@H](O)CC)c2ccccc21. The number of nitrogens with zero attached hydrogens (tertiary/aromatic N) is 2. The van der Waals surface area contributed by atoms with Gasteiger partial charge in [0.25, 0.3) is 0 Å². The van der Waals surface area contributed by atoms with Gasteiger partial charge in [-0.15, -0.1) is 0 Å². The van der Waals surface area contributed by atoms with Gasteiger partial charge in [-0.05, 0) is 31.4 Å². The average Bonchev–Trinajstić information content (AvgIpc) is 2.68. The van der Waals surface area contributed by atoms with Gasteiger partial charge in [0.2, 0.25) is 0 Å². The van der Waals surface area contributed by atoms with Crippen LogP contribution in [0.1, 0.15) is 33.1 Å². The molecule has 1 aliphatic rings. The topological polar surface area (TPSA) is 46.9 Å².